The molecule has 0 radical (unpaired) electrons. The van der Waals surface area contributed by atoms with E-state index in [1.165, 1.54) is 11.3 Å². The molecule has 7 heteroatoms. The molecule has 0 bridgehead atoms. The smallest absolute Gasteiger partial charge is 0.261 e. The van der Waals surface area contributed by atoms with Crippen LogP contribution in [0.25, 0.3) is 9.53 Å². The van der Waals surface area contributed by atoms with Gasteiger partial charge in [0.1, 0.15) is 4.83 Å². The third-order valence-electron chi connectivity index (χ3n) is 2.11. The highest BCUT2D eigenvalue weighted by molar-refractivity contribution is 7.29. The highest BCUT2D eigenvalue weighted by atomic mass is 32.1. The minimum absolute atomic E-state index is 0.0722. The van der Waals surface area contributed by atoms with Crippen LogP contribution in [0.15, 0.2) is 6.07 Å². The summed E-state index contributed by atoms with van der Waals surface area (Å²) in [6.45, 7) is 0.954. The lowest BCUT2D eigenvalue weighted by Crippen LogP contribution is -2.28. The van der Waals surface area contributed by atoms with E-state index in [0.717, 1.165) is 14.7 Å². The average molecular weight is 270 g/mol. The van der Waals surface area contributed by atoms with Crippen LogP contribution in [0, 0.1) is 0 Å². The fourth-order valence-corrected chi connectivity index (χ4v) is 3.35. The third-order valence-corrected chi connectivity index (χ3v) is 4.44. The van der Waals surface area contributed by atoms with E-state index in [-0.39, 0.29) is 5.91 Å². The average Bonchev–Trinajstić information content (AvgIpc) is 2.82. The molecule has 2 rings (SSSR count). The van der Waals surface area contributed by atoms with Crippen LogP contribution in [0.3, 0.4) is 0 Å². The van der Waals surface area contributed by atoms with Gasteiger partial charge in [0.2, 0.25) is 0 Å². The van der Waals surface area contributed by atoms with Gasteiger partial charge in [-0.25, -0.2) is 4.98 Å². The van der Waals surface area contributed by atoms with E-state index in [9.17, 15) is 4.79 Å². The van der Waals surface area contributed by atoms with Crippen LogP contribution in [0.2, 0.25) is 0 Å². The lowest BCUT2D eigenvalue weighted by Gasteiger charge is -2.05. The van der Waals surface area contributed by atoms with Gasteiger partial charge in [-0.1, -0.05) is 11.3 Å². The van der Waals surface area contributed by atoms with Gasteiger partial charge in [0.25, 0.3) is 5.91 Å². The van der Waals surface area contributed by atoms with E-state index in [0.29, 0.717) is 18.0 Å². The van der Waals surface area contributed by atoms with Gasteiger partial charge < -0.3 is 16.0 Å². The molecule has 17 heavy (non-hydrogen) atoms. The SMILES string of the molecule is CN(C)c1nc2sc(C(=O)NCCN)cc2s1. The van der Waals surface area contributed by atoms with E-state index in [1.54, 1.807) is 11.3 Å². The van der Waals surface area contributed by atoms with E-state index in [2.05, 4.69) is 10.3 Å². The molecule has 1 amide bonds. The number of rotatable bonds is 4. The van der Waals surface area contributed by atoms with Crippen molar-refractivity contribution in [2.75, 3.05) is 32.1 Å². The summed E-state index contributed by atoms with van der Waals surface area (Å²) in [7, 11) is 3.91. The number of aromatic nitrogens is 1. The van der Waals surface area contributed by atoms with Gasteiger partial charge in [0.05, 0.1) is 9.58 Å². The summed E-state index contributed by atoms with van der Waals surface area (Å²) in [5.41, 5.74) is 5.34. The largest absolute Gasteiger partial charge is 0.354 e. The van der Waals surface area contributed by atoms with E-state index in [4.69, 9.17) is 5.73 Å². The van der Waals surface area contributed by atoms with Gasteiger partial charge >= 0.3 is 0 Å². The Morgan fingerprint density at radius 2 is 2.29 bits per heavy atom. The van der Waals surface area contributed by atoms with Crippen LogP contribution in [-0.2, 0) is 0 Å². The summed E-state index contributed by atoms with van der Waals surface area (Å²) in [4.78, 5) is 19.7. The zero-order valence-electron chi connectivity index (χ0n) is 9.69. The van der Waals surface area contributed by atoms with Gasteiger partial charge in [-0.15, -0.1) is 11.3 Å². The number of anilines is 1. The number of fused-ring (bicyclic) bond motifs is 1. The first-order valence-corrected chi connectivity index (χ1v) is 6.81. The second-order valence-electron chi connectivity index (χ2n) is 3.72. The summed E-state index contributed by atoms with van der Waals surface area (Å²) in [5.74, 6) is -0.0722. The summed E-state index contributed by atoms with van der Waals surface area (Å²) in [5, 5.41) is 3.71. The van der Waals surface area contributed by atoms with Crippen molar-refractivity contribution in [3.05, 3.63) is 10.9 Å². The minimum Gasteiger partial charge on any atom is -0.354 e. The standard InChI is InChI=1S/C10H14N4OS2/c1-14(2)10-13-9-7(17-10)5-6(16-9)8(15)12-4-3-11/h5H,3-4,11H2,1-2H3,(H,12,15). The zero-order valence-corrected chi connectivity index (χ0v) is 11.3. The Kier molecular flexibility index (Phi) is 3.60. The van der Waals surface area contributed by atoms with Crippen molar-refractivity contribution < 1.29 is 4.79 Å². The number of amides is 1. The molecular weight excluding hydrogens is 256 g/mol. The first-order chi connectivity index (χ1) is 8.11. The zero-order chi connectivity index (χ0) is 12.4. The lowest BCUT2D eigenvalue weighted by atomic mass is 10.4. The summed E-state index contributed by atoms with van der Waals surface area (Å²) < 4.78 is 1.05. The minimum atomic E-state index is -0.0722. The van der Waals surface area contributed by atoms with Crippen LogP contribution in [-0.4, -0.2) is 38.1 Å². The molecule has 2 aromatic rings. The number of carbonyl (C=O) groups excluding carboxylic acids is 1. The van der Waals surface area contributed by atoms with Crippen molar-refractivity contribution in [3.8, 4) is 0 Å². The highest BCUT2D eigenvalue weighted by Crippen LogP contribution is 2.33. The molecular formula is C10H14N4OS2. The molecule has 0 aliphatic carbocycles. The van der Waals surface area contributed by atoms with Crippen molar-refractivity contribution in [2.24, 2.45) is 5.73 Å². The molecule has 0 aliphatic heterocycles. The molecule has 0 aromatic carbocycles. The number of thiophene rings is 1. The Balaban J connectivity index is 2.21. The second kappa shape index (κ2) is 4.99. The Morgan fingerprint density at radius 1 is 1.53 bits per heavy atom. The maximum absolute atomic E-state index is 11.7. The number of nitrogens with two attached hydrogens (primary N) is 1. The number of nitrogens with zero attached hydrogens (tertiary/aromatic N) is 2. The highest BCUT2D eigenvalue weighted by Gasteiger charge is 2.13. The fraction of sp³-hybridized carbons (Fsp3) is 0.400. The number of hydrogen-bond donors (Lipinski definition) is 2. The van der Waals surface area contributed by atoms with Crippen molar-refractivity contribution in [1.29, 1.82) is 0 Å². The van der Waals surface area contributed by atoms with Crippen LogP contribution in [0.4, 0.5) is 5.13 Å². The molecule has 0 aliphatic rings. The van der Waals surface area contributed by atoms with E-state index < -0.39 is 0 Å². The van der Waals surface area contributed by atoms with Gasteiger partial charge in [-0.3, -0.25) is 4.79 Å². The van der Waals surface area contributed by atoms with Gasteiger partial charge in [0, 0.05) is 27.2 Å². The lowest BCUT2D eigenvalue weighted by molar-refractivity contribution is 0.0959. The van der Waals surface area contributed by atoms with Crippen LogP contribution in [0.1, 0.15) is 9.67 Å². The number of nitrogens with one attached hydrogen (secondary N) is 1. The fourth-order valence-electron chi connectivity index (χ4n) is 1.30. The number of hydrogen-bond acceptors (Lipinski definition) is 6. The number of thiazole rings is 1. The van der Waals surface area contributed by atoms with Crippen LogP contribution in [0.5, 0.6) is 0 Å². The van der Waals surface area contributed by atoms with Crippen molar-refractivity contribution in [3.63, 3.8) is 0 Å². The molecule has 0 atom stereocenters. The Labute approximate surface area is 107 Å². The summed E-state index contributed by atoms with van der Waals surface area (Å²) in [6.07, 6.45) is 0. The first kappa shape index (κ1) is 12.3. The van der Waals surface area contributed by atoms with Crippen LogP contribution >= 0.6 is 22.7 Å². The van der Waals surface area contributed by atoms with Gasteiger partial charge in [0.15, 0.2) is 5.13 Å². The van der Waals surface area contributed by atoms with Crippen molar-refractivity contribution in [2.45, 2.75) is 0 Å². The molecule has 2 aromatic heterocycles. The summed E-state index contributed by atoms with van der Waals surface area (Å²) in [6, 6.07) is 1.89. The predicted octanol–water partition coefficient (Wildman–Crippen LogP) is 1.11. The molecule has 0 saturated heterocycles. The maximum atomic E-state index is 11.7. The van der Waals surface area contributed by atoms with E-state index >= 15 is 0 Å². The van der Waals surface area contributed by atoms with Crippen molar-refractivity contribution in [1.82, 2.24) is 10.3 Å². The molecule has 92 valence electrons. The van der Waals surface area contributed by atoms with Crippen LogP contribution < -0.4 is 16.0 Å². The topological polar surface area (TPSA) is 71.2 Å². The molecule has 0 saturated carbocycles. The maximum Gasteiger partial charge on any atom is 0.261 e. The molecule has 3 N–H and O–H groups in total. The Hall–Kier alpha value is -1.18. The molecule has 0 unspecified atom stereocenters. The van der Waals surface area contributed by atoms with Gasteiger partial charge in [-0.05, 0) is 6.07 Å². The van der Waals surface area contributed by atoms with Crippen molar-refractivity contribution >= 4 is 43.2 Å². The summed E-state index contributed by atoms with van der Waals surface area (Å²) >= 11 is 3.00. The molecule has 5 nitrogen and oxygen atoms in total. The van der Waals surface area contributed by atoms with E-state index in [1.807, 2.05) is 25.1 Å². The number of carbonyl (C=O) groups is 1. The van der Waals surface area contributed by atoms with Gasteiger partial charge in [-0.2, -0.15) is 0 Å². The molecule has 0 fully saturated rings. The Bertz CT molecular complexity index is 500. The quantitative estimate of drug-likeness (QED) is 0.873. The normalized spacial score (nSPS) is 10.8. The second-order valence-corrected chi connectivity index (χ2v) is 5.76. The first-order valence-electron chi connectivity index (χ1n) is 5.18. The monoisotopic (exact) mass is 270 g/mol. The molecule has 2 heterocycles. The third kappa shape index (κ3) is 2.56. The Morgan fingerprint density at radius 3 is 2.88 bits per heavy atom. The predicted molar refractivity (Wildman–Crippen MR) is 73.2 cm³/mol. The molecule has 0 spiro atoms.